The molecule has 31 heavy (non-hydrogen) atoms. The number of anilines is 3. The molecule has 6 nitrogen and oxygen atoms in total. The fourth-order valence-corrected chi connectivity index (χ4v) is 4.32. The van der Waals surface area contributed by atoms with Gasteiger partial charge in [0.05, 0.1) is 5.69 Å². The largest absolute Gasteiger partial charge is 0.366 e. The molecule has 0 unspecified atom stereocenters. The number of benzene rings is 2. The first-order chi connectivity index (χ1) is 15.3. The molecular weight excluding hydrogens is 384 g/mol. The van der Waals surface area contributed by atoms with Gasteiger partial charge in [-0.2, -0.15) is 0 Å². The van der Waals surface area contributed by atoms with Crippen molar-refractivity contribution in [3.63, 3.8) is 0 Å². The normalized spacial score (nSPS) is 18.7. The standard InChI is InChI=1S/C25H28N6/c26-19-11-13-21(14-12-19)29-24-22(17-18-7-3-1-4-8-18)23(25-27-15-16-31(25)30-24)28-20-9-5-2-6-10-20/h1-10,15-16,19,21,28H,11-14,17,26H2,(H,29,30)/t19-,21-. The molecule has 4 aromatic rings. The van der Waals surface area contributed by atoms with Gasteiger partial charge in [0.1, 0.15) is 0 Å². The van der Waals surface area contributed by atoms with Crippen LogP contribution in [0.2, 0.25) is 0 Å². The Morgan fingerprint density at radius 3 is 2.39 bits per heavy atom. The lowest BCUT2D eigenvalue weighted by molar-refractivity contribution is 0.410. The molecule has 1 saturated carbocycles. The van der Waals surface area contributed by atoms with Crippen LogP contribution in [-0.2, 0) is 6.42 Å². The third-order valence-electron chi connectivity index (χ3n) is 6.02. The number of nitrogens with zero attached hydrogens (tertiary/aromatic N) is 3. The van der Waals surface area contributed by atoms with E-state index in [0.29, 0.717) is 12.1 Å². The Morgan fingerprint density at radius 2 is 1.65 bits per heavy atom. The summed E-state index contributed by atoms with van der Waals surface area (Å²) >= 11 is 0. The molecule has 6 heteroatoms. The predicted molar refractivity (Wildman–Crippen MR) is 126 cm³/mol. The molecule has 0 atom stereocenters. The van der Waals surface area contributed by atoms with Crippen molar-refractivity contribution in [2.45, 2.75) is 44.2 Å². The van der Waals surface area contributed by atoms with Gasteiger partial charge in [0.2, 0.25) is 0 Å². The zero-order chi connectivity index (χ0) is 21.0. The summed E-state index contributed by atoms with van der Waals surface area (Å²) < 4.78 is 1.86. The topological polar surface area (TPSA) is 80.3 Å². The summed E-state index contributed by atoms with van der Waals surface area (Å²) in [7, 11) is 0. The van der Waals surface area contributed by atoms with Crippen LogP contribution in [0.15, 0.2) is 73.1 Å². The van der Waals surface area contributed by atoms with Crippen molar-refractivity contribution in [3.05, 3.63) is 84.2 Å². The van der Waals surface area contributed by atoms with E-state index in [-0.39, 0.29) is 0 Å². The fraction of sp³-hybridized carbons (Fsp3) is 0.280. The molecule has 0 saturated heterocycles. The number of aromatic nitrogens is 3. The van der Waals surface area contributed by atoms with Gasteiger partial charge in [0, 0.05) is 42.1 Å². The highest BCUT2D eigenvalue weighted by molar-refractivity contribution is 5.81. The maximum absolute atomic E-state index is 6.13. The van der Waals surface area contributed by atoms with Crippen molar-refractivity contribution in [2.75, 3.05) is 10.6 Å². The Kier molecular flexibility index (Phi) is 5.54. The lowest BCUT2D eigenvalue weighted by Gasteiger charge is -2.28. The van der Waals surface area contributed by atoms with Crippen LogP contribution in [0.25, 0.3) is 5.65 Å². The minimum Gasteiger partial charge on any atom is -0.366 e. The van der Waals surface area contributed by atoms with Gasteiger partial charge in [-0.15, -0.1) is 5.10 Å². The smallest absolute Gasteiger partial charge is 0.177 e. The van der Waals surface area contributed by atoms with Crippen LogP contribution >= 0.6 is 0 Å². The zero-order valence-corrected chi connectivity index (χ0v) is 17.5. The lowest BCUT2D eigenvalue weighted by Crippen LogP contribution is -2.33. The molecule has 1 fully saturated rings. The summed E-state index contributed by atoms with van der Waals surface area (Å²) in [5.74, 6) is 0.910. The third kappa shape index (κ3) is 4.39. The number of nitrogens with two attached hydrogens (primary N) is 1. The lowest BCUT2D eigenvalue weighted by atomic mass is 9.91. The van der Waals surface area contributed by atoms with Crippen LogP contribution < -0.4 is 16.4 Å². The van der Waals surface area contributed by atoms with Gasteiger partial charge in [-0.25, -0.2) is 9.50 Å². The van der Waals surface area contributed by atoms with Crippen molar-refractivity contribution in [2.24, 2.45) is 5.73 Å². The third-order valence-corrected chi connectivity index (χ3v) is 6.02. The van der Waals surface area contributed by atoms with Gasteiger partial charge in [-0.1, -0.05) is 48.5 Å². The van der Waals surface area contributed by atoms with E-state index in [4.69, 9.17) is 10.8 Å². The van der Waals surface area contributed by atoms with E-state index in [9.17, 15) is 0 Å². The molecule has 0 amide bonds. The number of imidazole rings is 1. The predicted octanol–water partition coefficient (Wildman–Crippen LogP) is 4.75. The second kappa shape index (κ2) is 8.78. The summed E-state index contributed by atoms with van der Waals surface area (Å²) in [4.78, 5) is 4.61. The molecule has 5 rings (SSSR count). The fourth-order valence-electron chi connectivity index (χ4n) is 4.32. The number of hydrogen-bond donors (Lipinski definition) is 3. The summed E-state index contributed by atoms with van der Waals surface area (Å²) in [6, 6.07) is 21.5. The van der Waals surface area contributed by atoms with Crippen LogP contribution in [-0.4, -0.2) is 26.7 Å². The molecule has 0 spiro atoms. The molecule has 1 aliphatic carbocycles. The second-order valence-corrected chi connectivity index (χ2v) is 8.31. The minimum atomic E-state index is 0.321. The molecule has 0 aliphatic heterocycles. The monoisotopic (exact) mass is 412 g/mol. The van der Waals surface area contributed by atoms with Gasteiger partial charge in [0.15, 0.2) is 11.5 Å². The second-order valence-electron chi connectivity index (χ2n) is 8.31. The maximum atomic E-state index is 6.13. The summed E-state index contributed by atoms with van der Waals surface area (Å²) in [5.41, 5.74) is 11.3. The first kappa shape index (κ1) is 19.6. The van der Waals surface area contributed by atoms with Crippen molar-refractivity contribution < 1.29 is 0 Å². The van der Waals surface area contributed by atoms with Crippen molar-refractivity contribution in [1.82, 2.24) is 14.6 Å². The summed E-state index contributed by atoms with van der Waals surface area (Å²) in [6.45, 7) is 0. The Hall–Kier alpha value is -3.38. The minimum absolute atomic E-state index is 0.321. The van der Waals surface area contributed by atoms with Gasteiger partial charge in [0.25, 0.3) is 0 Å². The van der Waals surface area contributed by atoms with E-state index >= 15 is 0 Å². The highest BCUT2D eigenvalue weighted by Gasteiger charge is 2.23. The highest BCUT2D eigenvalue weighted by Crippen LogP contribution is 2.33. The molecule has 0 bridgehead atoms. The van der Waals surface area contributed by atoms with Crippen molar-refractivity contribution >= 4 is 22.8 Å². The van der Waals surface area contributed by atoms with E-state index < -0.39 is 0 Å². The average molecular weight is 413 g/mol. The molecule has 158 valence electrons. The molecule has 4 N–H and O–H groups in total. The molecule has 1 aliphatic rings. The van der Waals surface area contributed by atoms with Crippen LogP contribution in [0.1, 0.15) is 36.8 Å². The zero-order valence-electron chi connectivity index (χ0n) is 17.5. The Labute approximate surface area is 182 Å². The molecule has 2 aromatic heterocycles. The number of para-hydroxylation sites is 1. The first-order valence-corrected chi connectivity index (χ1v) is 11.0. The number of nitrogens with one attached hydrogen (secondary N) is 2. The van der Waals surface area contributed by atoms with Gasteiger partial charge in [-0.05, 0) is 43.4 Å². The maximum Gasteiger partial charge on any atom is 0.177 e. The SMILES string of the molecule is N[C@H]1CC[C@H](Nc2nn3ccnc3c(Nc3ccccc3)c2Cc2ccccc2)CC1. The van der Waals surface area contributed by atoms with Crippen LogP contribution in [0.4, 0.5) is 17.2 Å². The quantitative estimate of drug-likeness (QED) is 0.426. The van der Waals surface area contributed by atoms with Gasteiger partial charge < -0.3 is 16.4 Å². The van der Waals surface area contributed by atoms with E-state index in [0.717, 1.165) is 60.5 Å². The van der Waals surface area contributed by atoms with Crippen molar-refractivity contribution in [3.8, 4) is 0 Å². The molecule has 2 heterocycles. The average Bonchev–Trinajstić information content (AvgIpc) is 3.27. The van der Waals surface area contributed by atoms with Gasteiger partial charge in [-0.3, -0.25) is 0 Å². The van der Waals surface area contributed by atoms with Crippen LogP contribution in [0.3, 0.4) is 0 Å². The summed E-state index contributed by atoms with van der Waals surface area (Å²) in [5, 5.41) is 12.3. The Morgan fingerprint density at radius 1 is 0.935 bits per heavy atom. The van der Waals surface area contributed by atoms with E-state index in [1.165, 1.54) is 5.56 Å². The van der Waals surface area contributed by atoms with E-state index in [2.05, 4.69) is 52.0 Å². The number of rotatable bonds is 6. The van der Waals surface area contributed by atoms with Crippen LogP contribution in [0.5, 0.6) is 0 Å². The molecular formula is C25H28N6. The molecule has 0 radical (unpaired) electrons. The highest BCUT2D eigenvalue weighted by atomic mass is 15.3. The van der Waals surface area contributed by atoms with E-state index in [1.54, 1.807) is 6.20 Å². The Bertz CT molecular complexity index is 1130. The van der Waals surface area contributed by atoms with Crippen LogP contribution in [0, 0.1) is 0 Å². The van der Waals surface area contributed by atoms with Gasteiger partial charge >= 0.3 is 0 Å². The molecule has 2 aromatic carbocycles. The summed E-state index contributed by atoms with van der Waals surface area (Å²) in [6.07, 6.45) is 8.70. The number of hydrogen-bond acceptors (Lipinski definition) is 5. The number of fused-ring (bicyclic) bond motifs is 1. The Balaban J connectivity index is 1.59. The van der Waals surface area contributed by atoms with Crippen molar-refractivity contribution in [1.29, 1.82) is 0 Å². The van der Waals surface area contributed by atoms with E-state index in [1.807, 2.05) is 35.0 Å². The first-order valence-electron chi connectivity index (χ1n) is 11.0.